The summed E-state index contributed by atoms with van der Waals surface area (Å²) >= 11 is 0. The molecule has 0 aliphatic heterocycles. The molecule has 3 N–H and O–H groups in total. The van der Waals surface area contributed by atoms with Gasteiger partial charge in [-0.1, -0.05) is 37.6 Å². The molecule has 2 aromatic carbocycles. The van der Waals surface area contributed by atoms with Crippen molar-refractivity contribution in [2.24, 2.45) is 0 Å². The Morgan fingerprint density at radius 3 is 2.52 bits per heavy atom. The largest absolute Gasteiger partial charge is 0.398 e. The van der Waals surface area contributed by atoms with E-state index < -0.39 is 20.7 Å². The van der Waals surface area contributed by atoms with Crippen LogP contribution < -0.4 is 10.5 Å². The highest BCUT2D eigenvalue weighted by Gasteiger charge is 2.22. The van der Waals surface area contributed by atoms with Crippen LogP contribution in [0, 0.1) is 5.82 Å². The van der Waals surface area contributed by atoms with Gasteiger partial charge in [-0.2, -0.15) is 0 Å². The fourth-order valence-electron chi connectivity index (χ4n) is 2.11. The highest BCUT2D eigenvalue weighted by Crippen LogP contribution is 2.26. The van der Waals surface area contributed by atoms with Crippen molar-refractivity contribution in [1.29, 1.82) is 0 Å². The summed E-state index contributed by atoms with van der Waals surface area (Å²) < 4.78 is 41.0. The van der Waals surface area contributed by atoms with Crippen LogP contribution in [-0.4, -0.2) is 8.42 Å². The van der Waals surface area contributed by atoms with E-state index in [0.29, 0.717) is 5.69 Å². The van der Waals surface area contributed by atoms with Crippen LogP contribution in [-0.2, 0) is 16.4 Å². The van der Waals surface area contributed by atoms with Gasteiger partial charge in [0.05, 0.1) is 11.4 Å². The van der Waals surface area contributed by atoms with Crippen LogP contribution in [0.25, 0.3) is 0 Å². The molecule has 2 aromatic rings. The first-order valence-corrected chi connectivity index (χ1v) is 8.08. The number of nitrogens with two attached hydrogens (primary N) is 1. The van der Waals surface area contributed by atoms with E-state index in [2.05, 4.69) is 4.72 Å². The van der Waals surface area contributed by atoms with Gasteiger partial charge in [-0.15, -0.1) is 0 Å². The average Bonchev–Trinajstić information content (AvgIpc) is 2.40. The highest BCUT2D eigenvalue weighted by atomic mass is 32.2. The number of hydrogen-bond acceptors (Lipinski definition) is 3. The summed E-state index contributed by atoms with van der Waals surface area (Å²) in [6.07, 6.45) is 1.60. The lowest BCUT2D eigenvalue weighted by molar-refractivity contribution is 0.571. The lowest BCUT2D eigenvalue weighted by Crippen LogP contribution is -2.17. The number of benzene rings is 2. The molecule has 0 amide bonds. The van der Waals surface area contributed by atoms with Crippen LogP contribution in [0.3, 0.4) is 0 Å². The van der Waals surface area contributed by atoms with Crippen LogP contribution >= 0.6 is 0 Å². The van der Waals surface area contributed by atoms with Gasteiger partial charge in [-0.05, 0) is 30.2 Å². The Morgan fingerprint density at radius 1 is 1.14 bits per heavy atom. The van der Waals surface area contributed by atoms with E-state index in [1.165, 1.54) is 12.1 Å². The number of nitrogens with one attached hydrogen (secondary N) is 1. The SMILES string of the molecule is CCCc1ccccc1NS(=O)(=O)c1c(N)cccc1F. The molecule has 0 saturated heterocycles. The first-order chi connectivity index (χ1) is 9.95. The molecule has 0 aliphatic rings. The number of aryl methyl sites for hydroxylation is 1. The standard InChI is InChI=1S/C15H17FN2O2S/c1-2-6-11-7-3-4-10-14(11)18-21(19,20)15-12(16)8-5-9-13(15)17/h3-5,7-10,18H,2,6,17H2,1H3. The first-order valence-electron chi connectivity index (χ1n) is 6.60. The monoisotopic (exact) mass is 308 g/mol. The highest BCUT2D eigenvalue weighted by molar-refractivity contribution is 7.92. The topological polar surface area (TPSA) is 72.2 Å². The summed E-state index contributed by atoms with van der Waals surface area (Å²) in [5, 5.41) is 0. The lowest BCUT2D eigenvalue weighted by atomic mass is 10.1. The molecular weight excluding hydrogens is 291 g/mol. The van der Waals surface area contributed by atoms with Gasteiger partial charge in [-0.25, -0.2) is 12.8 Å². The van der Waals surface area contributed by atoms with Crippen LogP contribution in [0.2, 0.25) is 0 Å². The minimum Gasteiger partial charge on any atom is -0.398 e. The molecule has 4 nitrogen and oxygen atoms in total. The zero-order valence-electron chi connectivity index (χ0n) is 11.6. The van der Waals surface area contributed by atoms with Gasteiger partial charge in [0, 0.05) is 0 Å². The van der Waals surface area contributed by atoms with Crippen LogP contribution in [0.4, 0.5) is 15.8 Å². The van der Waals surface area contributed by atoms with E-state index in [1.807, 2.05) is 19.1 Å². The molecule has 0 saturated carbocycles. The third kappa shape index (κ3) is 3.33. The van der Waals surface area contributed by atoms with Crippen LogP contribution in [0.1, 0.15) is 18.9 Å². The molecule has 21 heavy (non-hydrogen) atoms. The summed E-state index contributed by atoms with van der Waals surface area (Å²) in [7, 11) is -4.07. The molecule has 0 heterocycles. The van der Waals surface area contributed by atoms with Gasteiger partial charge in [0.1, 0.15) is 10.7 Å². The molecule has 0 radical (unpaired) electrons. The van der Waals surface area contributed by atoms with E-state index in [-0.39, 0.29) is 5.69 Å². The second-order valence-corrected chi connectivity index (χ2v) is 6.29. The summed E-state index contributed by atoms with van der Waals surface area (Å²) in [4.78, 5) is -0.517. The molecule has 0 aromatic heterocycles. The Kier molecular flexibility index (Phi) is 4.47. The van der Waals surface area contributed by atoms with Crippen molar-refractivity contribution in [2.45, 2.75) is 24.7 Å². The molecule has 0 fully saturated rings. The molecule has 0 atom stereocenters. The number of anilines is 2. The molecule has 6 heteroatoms. The zero-order valence-corrected chi connectivity index (χ0v) is 12.5. The Hall–Kier alpha value is -2.08. The van der Waals surface area contributed by atoms with Crippen molar-refractivity contribution in [3.05, 3.63) is 53.8 Å². The number of nitrogen functional groups attached to an aromatic ring is 1. The number of halogens is 1. The van der Waals surface area contributed by atoms with Crippen molar-refractivity contribution < 1.29 is 12.8 Å². The first kappa shape index (κ1) is 15.3. The summed E-state index contributed by atoms with van der Waals surface area (Å²) in [6, 6.07) is 10.8. The Labute approximate surface area is 123 Å². The van der Waals surface area contributed by atoms with Gasteiger partial charge < -0.3 is 5.73 Å². The van der Waals surface area contributed by atoms with E-state index in [1.54, 1.807) is 12.1 Å². The number of sulfonamides is 1. The summed E-state index contributed by atoms with van der Waals surface area (Å²) in [5.74, 6) is -0.865. The molecule has 112 valence electrons. The maximum Gasteiger partial charge on any atom is 0.266 e. The number of hydrogen-bond donors (Lipinski definition) is 2. The second kappa shape index (κ2) is 6.13. The minimum absolute atomic E-state index is 0.115. The third-order valence-corrected chi connectivity index (χ3v) is 4.50. The zero-order chi connectivity index (χ0) is 15.5. The second-order valence-electron chi connectivity index (χ2n) is 4.67. The van der Waals surface area contributed by atoms with Gasteiger partial charge in [0.15, 0.2) is 0 Å². The quantitative estimate of drug-likeness (QED) is 0.833. The van der Waals surface area contributed by atoms with E-state index >= 15 is 0 Å². The molecule has 0 aliphatic carbocycles. The molecular formula is C15H17FN2O2S. The average molecular weight is 308 g/mol. The Balaban J connectivity index is 2.43. The van der Waals surface area contributed by atoms with E-state index in [4.69, 9.17) is 5.73 Å². The predicted octanol–water partition coefficient (Wildman–Crippen LogP) is 3.16. The van der Waals surface area contributed by atoms with Crippen molar-refractivity contribution in [3.63, 3.8) is 0 Å². The summed E-state index contributed by atoms with van der Waals surface area (Å²) in [5.41, 5.74) is 6.79. The van der Waals surface area contributed by atoms with Gasteiger partial charge >= 0.3 is 0 Å². The lowest BCUT2D eigenvalue weighted by Gasteiger charge is -2.13. The van der Waals surface area contributed by atoms with E-state index in [0.717, 1.165) is 24.5 Å². The minimum atomic E-state index is -4.07. The number of para-hydroxylation sites is 1. The molecule has 0 bridgehead atoms. The maximum absolute atomic E-state index is 13.8. The maximum atomic E-state index is 13.8. The molecule has 0 unspecified atom stereocenters. The van der Waals surface area contributed by atoms with Crippen LogP contribution in [0.5, 0.6) is 0 Å². The summed E-state index contributed by atoms with van der Waals surface area (Å²) in [6.45, 7) is 2.00. The normalized spacial score (nSPS) is 11.3. The van der Waals surface area contributed by atoms with Crippen molar-refractivity contribution in [3.8, 4) is 0 Å². The van der Waals surface area contributed by atoms with Gasteiger partial charge in [0.25, 0.3) is 10.0 Å². The Bertz CT molecular complexity index is 725. The van der Waals surface area contributed by atoms with Gasteiger partial charge in [-0.3, -0.25) is 4.72 Å². The van der Waals surface area contributed by atoms with Gasteiger partial charge in [0.2, 0.25) is 0 Å². The smallest absolute Gasteiger partial charge is 0.266 e. The fraction of sp³-hybridized carbons (Fsp3) is 0.200. The number of rotatable bonds is 5. The molecule has 2 rings (SSSR count). The third-order valence-electron chi connectivity index (χ3n) is 3.05. The Morgan fingerprint density at radius 2 is 1.86 bits per heavy atom. The fourth-order valence-corrected chi connectivity index (χ4v) is 3.41. The van der Waals surface area contributed by atoms with Crippen molar-refractivity contribution >= 4 is 21.4 Å². The molecule has 0 spiro atoms. The van der Waals surface area contributed by atoms with Crippen LogP contribution in [0.15, 0.2) is 47.4 Å². The van der Waals surface area contributed by atoms with E-state index in [9.17, 15) is 12.8 Å². The predicted molar refractivity (Wildman–Crippen MR) is 82.1 cm³/mol. The van der Waals surface area contributed by atoms with Crippen molar-refractivity contribution in [1.82, 2.24) is 0 Å². The van der Waals surface area contributed by atoms with Crippen molar-refractivity contribution in [2.75, 3.05) is 10.5 Å².